The van der Waals surface area contributed by atoms with E-state index in [4.69, 9.17) is 5.11 Å². The zero-order valence-electron chi connectivity index (χ0n) is 10.4. The van der Waals surface area contributed by atoms with Gasteiger partial charge in [-0.3, -0.25) is 4.79 Å². The fourth-order valence-electron chi connectivity index (χ4n) is 2.89. The third kappa shape index (κ3) is 3.14. The standard InChI is InChI=1S/C12H22N2O2S/c1-2-17-10-5-3-4-9(10)14-12(6-11(15)16)7-13-8-12/h9-10,13-14H,2-8H2,1H3,(H,15,16). The van der Waals surface area contributed by atoms with Crippen LogP contribution in [0.1, 0.15) is 32.6 Å². The smallest absolute Gasteiger partial charge is 0.305 e. The van der Waals surface area contributed by atoms with E-state index in [1.807, 2.05) is 11.8 Å². The van der Waals surface area contributed by atoms with Crippen LogP contribution in [0.5, 0.6) is 0 Å². The molecule has 2 aliphatic rings. The number of hydrogen-bond acceptors (Lipinski definition) is 4. The normalized spacial score (nSPS) is 31.1. The minimum absolute atomic E-state index is 0.187. The maximum Gasteiger partial charge on any atom is 0.305 e. The molecule has 2 unspecified atom stereocenters. The summed E-state index contributed by atoms with van der Waals surface area (Å²) in [6.45, 7) is 3.77. The number of rotatable bonds is 6. The summed E-state index contributed by atoms with van der Waals surface area (Å²) in [5, 5.41) is 16.5. The molecular formula is C12H22N2O2S. The molecule has 0 radical (unpaired) electrons. The third-order valence-electron chi connectivity index (χ3n) is 3.74. The van der Waals surface area contributed by atoms with Crippen LogP contribution in [-0.4, -0.2) is 46.7 Å². The number of aliphatic carboxylic acids is 1. The molecule has 1 heterocycles. The number of thioether (sulfide) groups is 1. The average Bonchev–Trinajstić information content (AvgIpc) is 2.62. The van der Waals surface area contributed by atoms with Crippen molar-refractivity contribution in [2.45, 2.75) is 49.4 Å². The predicted octanol–water partition coefficient (Wildman–Crippen LogP) is 1.07. The zero-order chi connectivity index (χ0) is 12.3. The first-order chi connectivity index (χ1) is 8.15. The van der Waals surface area contributed by atoms with Gasteiger partial charge in [-0.1, -0.05) is 13.3 Å². The van der Waals surface area contributed by atoms with Gasteiger partial charge in [-0.15, -0.1) is 0 Å². The number of nitrogens with one attached hydrogen (secondary N) is 2. The minimum atomic E-state index is -0.698. The van der Waals surface area contributed by atoms with Gasteiger partial charge in [-0.25, -0.2) is 0 Å². The Labute approximate surface area is 107 Å². The molecule has 1 aliphatic carbocycles. The Bertz CT molecular complexity index is 282. The van der Waals surface area contributed by atoms with Gasteiger partial charge >= 0.3 is 5.97 Å². The molecule has 2 rings (SSSR count). The van der Waals surface area contributed by atoms with Gasteiger partial charge < -0.3 is 15.7 Å². The zero-order valence-corrected chi connectivity index (χ0v) is 11.2. The van der Waals surface area contributed by atoms with E-state index in [0.29, 0.717) is 11.3 Å². The van der Waals surface area contributed by atoms with Crippen LogP contribution in [-0.2, 0) is 4.79 Å². The van der Waals surface area contributed by atoms with Crippen molar-refractivity contribution in [3.8, 4) is 0 Å². The highest BCUT2D eigenvalue weighted by molar-refractivity contribution is 7.99. The van der Waals surface area contributed by atoms with E-state index in [1.54, 1.807) is 0 Å². The first-order valence-electron chi connectivity index (χ1n) is 6.47. The van der Waals surface area contributed by atoms with Crippen LogP contribution >= 0.6 is 11.8 Å². The Morgan fingerprint density at radius 1 is 1.53 bits per heavy atom. The van der Waals surface area contributed by atoms with Crippen LogP contribution in [0.15, 0.2) is 0 Å². The summed E-state index contributed by atoms with van der Waals surface area (Å²) in [6, 6.07) is 0.501. The van der Waals surface area contributed by atoms with Crippen molar-refractivity contribution in [1.29, 1.82) is 0 Å². The Balaban J connectivity index is 1.91. The highest BCUT2D eigenvalue weighted by atomic mass is 32.2. The molecule has 0 bridgehead atoms. The van der Waals surface area contributed by atoms with Crippen LogP contribution in [0.3, 0.4) is 0 Å². The summed E-state index contributed by atoms with van der Waals surface area (Å²) in [4.78, 5) is 10.9. The number of carboxylic acid groups (broad SMARTS) is 1. The fourth-order valence-corrected chi connectivity index (χ4v) is 4.09. The summed E-state index contributed by atoms with van der Waals surface area (Å²) in [5.74, 6) is 0.448. The molecule has 0 aromatic rings. The Morgan fingerprint density at radius 2 is 2.29 bits per heavy atom. The summed E-state index contributed by atoms with van der Waals surface area (Å²) in [5.41, 5.74) is -0.187. The van der Waals surface area contributed by atoms with Crippen molar-refractivity contribution in [1.82, 2.24) is 10.6 Å². The van der Waals surface area contributed by atoms with E-state index in [1.165, 1.54) is 19.3 Å². The average molecular weight is 258 g/mol. The van der Waals surface area contributed by atoms with Crippen molar-refractivity contribution in [2.75, 3.05) is 18.8 Å². The van der Waals surface area contributed by atoms with Gasteiger partial charge in [0, 0.05) is 24.4 Å². The summed E-state index contributed by atoms with van der Waals surface area (Å²) >= 11 is 2.01. The molecule has 0 aromatic heterocycles. The number of carbonyl (C=O) groups is 1. The van der Waals surface area contributed by atoms with E-state index in [-0.39, 0.29) is 12.0 Å². The highest BCUT2D eigenvalue weighted by Crippen LogP contribution is 2.32. The van der Waals surface area contributed by atoms with Crippen LogP contribution in [0.4, 0.5) is 0 Å². The van der Waals surface area contributed by atoms with Crippen molar-refractivity contribution in [2.24, 2.45) is 0 Å². The Kier molecular flexibility index (Phi) is 4.33. The molecule has 3 N–H and O–H groups in total. The SMILES string of the molecule is CCSC1CCCC1NC1(CC(=O)O)CNC1. The monoisotopic (exact) mass is 258 g/mol. The van der Waals surface area contributed by atoms with Crippen molar-refractivity contribution >= 4 is 17.7 Å². The molecule has 0 spiro atoms. The lowest BCUT2D eigenvalue weighted by Crippen LogP contribution is -2.70. The lowest BCUT2D eigenvalue weighted by molar-refractivity contribution is -0.139. The lowest BCUT2D eigenvalue weighted by atomic mass is 9.87. The van der Waals surface area contributed by atoms with Gasteiger partial charge in [0.05, 0.1) is 12.0 Å². The van der Waals surface area contributed by atoms with Crippen molar-refractivity contribution < 1.29 is 9.90 Å². The van der Waals surface area contributed by atoms with E-state index < -0.39 is 5.97 Å². The lowest BCUT2D eigenvalue weighted by Gasteiger charge is -2.45. The summed E-state index contributed by atoms with van der Waals surface area (Å²) in [6.07, 6.45) is 3.97. The predicted molar refractivity (Wildman–Crippen MR) is 70.5 cm³/mol. The van der Waals surface area contributed by atoms with Crippen molar-refractivity contribution in [3.63, 3.8) is 0 Å². The fraction of sp³-hybridized carbons (Fsp3) is 0.917. The second-order valence-electron chi connectivity index (χ2n) is 5.13. The van der Waals surface area contributed by atoms with Crippen LogP contribution < -0.4 is 10.6 Å². The van der Waals surface area contributed by atoms with Crippen LogP contribution in [0.25, 0.3) is 0 Å². The molecular weight excluding hydrogens is 236 g/mol. The van der Waals surface area contributed by atoms with E-state index in [9.17, 15) is 4.79 Å². The molecule has 2 fully saturated rings. The molecule has 17 heavy (non-hydrogen) atoms. The molecule has 0 aromatic carbocycles. The maximum atomic E-state index is 10.9. The van der Waals surface area contributed by atoms with Gasteiger partial charge in [0.1, 0.15) is 0 Å². The van der Waals surface area contributed by atoms with E-state index in [0.717, 1.165) is 18.8 Å². The quantitative estimate of drug-likeness (QED) is 0.665. The summed E-state index contributed by atoms with van der Waals surface area (Å²) < 4.78 is 0. The second-order valence-corrected chi connectivity index (χ2v) is 6.65. The van der Waals surface area contributed by atoms with E-state index >= 15 is 0 Å². The van der Waals surface area contributed by atoms with Gasteiger partial charge in [0.25, 0.3) is 0 Å². The molecule has 1 aliphatic heterocycles. The molecule has 1 saturated carbocycles. The van der Waals surface area contributed by atoms with Gasteiger partial charge in [0.15, 0.2) is 0 Å². The van der Waals surface area contributed by atoms with Crippen LogP contribution in [0, 0.1) is 0 Å². The largest absolute Gasteiger partial charge is 0.481 e. The summed E-state index contributed by atoms with van der Waals surface area (Å²) in [7, 11) is 0. The van der Waals surface area contributed by atoms with Crippen molar-refractivity contribution in [3.05, 3.63) is 0 Å². The Morgan fingerprint density at radius 3 is 2.82 bits per heavy atom. The Hall–Kier alpha value is -0.260. The second kappa shape index (κ2) is 5.59. The topological polar surface area (TPSA) is 61.4 Å². The molecule has 4 nitrogen and oxygen atoms in total. The number of carboxylic acids is 1. The maximum absolute atomic E-state index is 10.9. The molecule has 1 saturated heterocycles. The molecule has 5 heteroatoms. The first kappa shape index (κ1) is 13.2. The minimum Gasteiger partial charge on any atom is -0.481 e. The van der Waals surface area contributed by atoms with Gasteiger partial charge in [-0.2, -0.15) is 11.8 Å². The highest BCUT2D eigenvalue weighted by Gasteiger charge is 2.42. The van der Waals surface area contributed by atoms with E-state index in [2.05, 4.69) is 17.6 Å². The third-order valence-corrected chi connectivity index (χ3v) is 5.07. The van der Waals surface area contributed by atoms with Gasteiger partial charge in [-0.05, 0) is 18.6 Å². The number of hydrogen-bond donors (Lipinski definition) is 3. The first-order valence-corrected chi connectivity index (χ1v) is 7.52. The molecule has 98 valence electrons. The molecule has 0 amide bonds. The van der Waals surface area contributed by atoms with Crippen LogP contribution in [0.2, 0.25) is 0 Å². The van der Waals surface area contributed by atoms with Gasteiger partial charge in [0.2, 0.25) is 0 Å². The molecule has 2 atom stereocenters.